The Morgan fingerprint density at radius 1 is 1.35 bits per heavy atom. The van der Waals surface area contributed by atoms with Gasteiger partial charge in [-0.15, -0.1) is 0 Å². The molecule has 1 aromatic heterocycles. The lowest BCUT2D eigenvalue weighted by atomic mass is 10.2. The Morgan fingerprint density at radius 2 is 2.24 bits per heavy atom. The van der Waals surface area contributed by atoms with E-state index in [2.05, 4.69) is 21.6 Å². The van der Waals surface area contributed by atoms with Gasteiger partial charge in [-0.1, -0.05) is 0 Å². The van der Waals surface area contributed by atoms with Crippen molar-refractivity contribution in [2.75, 3.05) is 11.1 Å². The number of nitriles is 1. The Balaban J connectivity index is 2.12. The monoisotopic (exact) mass is 225 g/mol. The lowest BCUT2D eigenvalue weighted by molar-refractivity contribution is 0.925. The third-order valence-electron chi connectivity index (χ3n) is 2.27. The fraction of sp³-hybridized carbons (Fsp3) is 0.0833. The highest BCUT2D eigenvalue weighted by atomic mass is 15.1. The smallest absolute Gasteiger partial charge is 0.0992 e. The van der Waals surface area contributed by atoms with E-state index in [1.807, 2.05) is 12.1 Å². The summed E-state index contributed by atoms with van der Waals surface area (Å²) in [6.07, 6.45) is 1.62. The van der Waals surface area contributed by atoms with Crippen LogP contribution >= 0.6 is 0 Å². The molecule has 0 atom stereocenters. The number of rotatable bonds is 3. The van der Waals surface area contributed by atoms with Gasteiger partial charge in [0.15, 0.2) is 0 Å². The highest BCUT2D eigenvalue weighted by Gasteiger charge is 2.01. The molecule has 0 aliphatic carbocycles. The van der Waals surface area contributed by atoms with E-state index in [4.69, 9.17) is 11.0 Å². The standard InChI is InChI=1S/C12H11N5/c13-7-9-3-4-11(14)12(6-9)15-8-10-2-1-5-16-17-10/h1-6,15H,8,14H2. The maximum absolute atomic E-state index is 8.80. The first-order valence-electron chi connectivity index (χ1n) is 5.09. The number of benzene rings is 1. The van der Waals surface area contributed by atoms with Gasteiger partial charge in [0.05, 0.1) is 35.2 Å². The molecule has 0 unspecified atom stereocenters. The molecule has 17 heavy (non-hydrogen) atoms. The predicted octanol–water partition coefficient (Wildman–Crippen LogP) is 1.54. The number of anilines is 2. The van der Waals surface area contributed by atoms with Crippen LogP contribution in [0, 0.1) is 11.3 Å². The summed E-state index contributed by atoms with van der Waals surface area (Å²) in [4.78, 5) is 0. The number of nitrogens with two attached hydrogens (primary N) is 1. The summed E-state index contributed by atoms with van der Waals surface area (Å²) in [7, 11) is 0. The molecule has 0 spiro atoms. The van der Waals surface area contributed by atoms with Crippen molar-refractivity contribution < 1.29 is 0 Å². The minimum Gasteiger partial charge on any atom is -0.397 e. The van der Waals surface area contributed by atoms with E-state index >= 15 is 0 Å². The second-order valence-corrected chi connectivity index (χ2v) is 3.48. The third kappa shape index (κ3) is 2.69. The maximum Gasteiger partial charge on any atom is 0.0992 e. The van der Waals surface area contributed by atoms with Crippen molar-refractivity contribution in [2.45, 2.75) is 6.54 Å². The van der Waals surface area contributed by atoms with Crippen LogP contribution in [-0.2, 0) is 6.54 Å². The van der Waals surface area contributed by atoms with E-state index in [1.54, 1.807) is 24.4 Å². The van der Waals surface area contributed by atoms with Crippen LogP contribution in [0.3, 0.4) is 0 Å². The molecular formula is C12H11N5. The van der Waals surface area contributed by atoms with Gasteiger partial charge in [0.25, 0.3) is 0 Å². The van der Waals surface area contributed by atoms with Gasteiger partial charge in [0.1, 0.15) is 0 Å². The maximum atomic E-state index is 8.80. The van der Waals surface area contributed by atoms with Gasteiger partial charge in [0.2, 0.25) is 0 Å². The van der Waals surface area contributed by atoms with E-state index in [9.17, 15) is 0 Å². The lowest BCUT2D eigenvalue weighted by Gasteiger charge is -2.08. The number of nitrogens with one attached hydrogen (secondary N) is 1. The third-order valence-corrected chi connectivity index (χ3v) is 2.27. The van der Waals surface area contributed by atoms with Crippen LogP contribution in [0.25, 0.3) is 0 Å². The van der Waals surface area contributed by atoms with Crippen molar-refractivity contribution in [1.82, 2.24) is 10.2 Å². The molecule has 0 fully saturated rings. The molecule has 0 amide bonds. The fourth-order valence-electron chi connectivity index (χ4n) is 1.39. The zero-order valence-electron chi connectivity index (χ0n) is 9.09. The Labute approximate surface area is 98.9 Å². The van der Waals surface area contributed by atoms with Gasteiger partial charge < -0.3 is 11.1 Å². The summed E-state index contributed by atoms with van der Waals surface area (Å²) in [6, 6.07) is 10.9. The summed E-state index contributed by atoms with van der Waals surface area (Å²) < 4.78 is 0. The summed E-state index contributed by atoms with van der Waals surface area (Å²) in [6.45, 7) is 0.521. The molecule has 5 nitrogen and oxygen atoms in total. The van der Waals surface area contributed by atoms with Gasteiger partial charge in [-0.05, 0) is 30.3 Å². The van der Waals surface area contributed by atoms with Crippen LogP contribution in [0.1, 0.15) is 11.3 Å². The molecule has 1 heterocycles. The minimum absolute atomic E-state index is 0.521. The molecular weight excluding hydrogens is 214 g/mol. The van der Waals surface area contributed by atoms with Crippen LogP contribution < -0.4 is 11.1 Å². The normalized spacial score (nSPS) is 9.59. The van der Waals surface area contributed by atoms with Crippen molar-refractivity contribution in [3.8, 4) is 6.07 Å². The first kappa shape index (κ1) is 10.9. The fourth-order valence-corrected chi connectivity index (χ4v) is 1.39. The molecule has 5 heteroatoms. The average Bonchev–Trinajstić information content (AvgIpc) is 2.39. The number of hydrogen-bond acceptors (Lipinski definition) is 5. The molecule has 0 aliphatic heterocycles. The lowest BCUT2D eigenvalue weighted by Crippen LogP contribution is -2.04. The Hall–Kier alpha value is -2.61. The van der Waals surface area contributed by atoms with Gasteiger partial charge in [-0.3, -0.25) is 0 Å². The van der Waals surface area contributed by atoms with Gasteiger partial charge >= 0.3 is 0 Å². The molecule has 2 rings (SSSR count). The quantitative estimate of drug-likeness (QED) is 0.773. The Morgan fingerprint density at radius 3 is 2.94 bits per heavy atom. The van der Waals surface area contributed by atoms with Crippen molar-refractivity contribution in [3.63, 3.8) is 0 Å². The van der Waals surface area contributed by atoms with E-state index < -0.39 is 0 Å². The van der Waals surface area contributed by atoms with Gasteiger partial charge in [-0.25, -0.2) is 0 Å². The summed E-state index contributed by atoms with van der Waals surface area (Å²) in [5.74, 6) is 0. The molecule has 84 valence electrons. The van der Waals surface area contributed by atoms with Crippen molar-refractivity contribution in [2.24, 2.45) is 0 Å². The van der Waals surface area contributed by atoms with Crippen molar-refractivity contribution in [3.05, 3.63) is 47.8 Å². The SMILES string of the molecule is N#Cc1ccc(N)c(NCc2cccnn2)c1. The molecule has 0 radical (unpaired) electrons. The zero-order chi connectivity index (χ0) is 12.1. The molecule has 0 saturated carbocycles. The van der Waals surface area contributed by atoms with E-state index in [0.717, 1.165) is 11.4 Å². The number of nitrogens with zero attached hydrogens (tertiary/aromatic N) is 3. The van der Waals surface area contributed by atoms with Crippen LogP contribution in [0.15, 0.2) is 36.5 Å². The first-order chi connectivity index (χ1) is 8.29. The zero-order valence-corrected chi connectivity index (χ0v) is 9.09. The van der Waals surface area contributed by atoms with E-state index in [1.165, 1.54) is 0 Å². The van der Waals surface area contributed by atoms with E-state index in [0.29, 0.717) is 17.8 Å². The summed E-state index contributed by atoms with van der Waals surface area (Å²) >= 11 is 0. The molecule has 0 saturated heterocycles. The molecule has 0 bridgehead atoms. The summed E-state index contributed by atoms with van der Waals surface area (Å²) in [5.41, 5.74) is 8.52. The van der Waals surface area contributed by atoms with Crippen LogP contribution in [0.5, 0.6) is 0 Å². The number of aromatic nitrogens is 2. The Kier molecular flexibility index (Phi) is 3.17. The van der Waals surface area contributed by atoms with Crippen LogP contribution in [0.4, 0.5) is 11.4 Å². The highest BCUT2D eigenvalue weighted by Crippen LogP contribution is 2.20. The van der Waals surface area contributed by atoms with E-state index in [-0.39, 0.29) is 0 Å². The Bertz CT molecular complexity index is 545. The number of hydrogen-bond donors (Lipinski definition) is 2. The van der Waals surface area contributed by atoms with Crippen LogP contribution in [-0.4, -0.2) is 10.2 Å². The van der Waals surface area contributed by atoms with Crippen LogP contribution in [0.2, 0.25) is 0 Å². The number of nitrogen functional groups attached to an aromatic ring is 1. The predicted molar refractivity (Wildman–Crippen MR) is 64.9 cm³/mol. The molecule has 0 aliphatic rings. The second kappa shape index (κ2) is 4.94. The largest absolute Gasteiger partial charge is 0.397 e. The summed E-state index contributed by atoms with van der Waals surface area (Å²) in [5, 5.41) is 19.6. The first-order valence-corrected chi connectivity index (χ1v) is 5.09. The highest BCUT2D eigenvalue weighted by molar-refractivity contribution is 5.68. The second-order valence-electron chi connectivity index (χ2n) is 3.48. The molecule has 2 aromatic rings. The average molecular weight is 225 g/mol. The van der Waals surface area contributed by atoms with Gasteiger partial charge in [0, 0.05) is 6.20 Å². The van der Waals surface area contributed by atoms with Crippen molar-refractivity contribution >= 4 is 11.4 Å². The molecule has 1 aromatic carbocycles. The molecule has 3 N–H and O–H groups in total. The van der Waals surface area contributed by atoms with Crippen molar-refractivity contribution in [1.29, 1.82) is 5.26 Å². The topological polar surface area (TPSA) is 87.6 Å². The van der Waals surface area contributed by atoms with Gasteiger partial charge in [-0.2, -0.15) is 15.5 Å². The minimum atomic E-state index is 0.521.